The van der Waals surface area contributed by atoms with Gasteiger partial charge in [-0.25, -0.2) is 4.98 Å². The molecule has 0 aromatic carbocycles. The predicted molar refractivity (Wildman–Crippen MR) is 80.5 cm³/mol. The summed E-state index contributed by atoms with van der Waals surface area (Å²) in [5, 5.41) is 0. The van der Waals surface area contributed by atoms with E-state index < -0.39 is 0 Å². The van der Waals surface area contributed by atoms with Gasteiger partial charge in [0.15, 0.2) is 0 Å². The zero-order valence-electron chi connectivity index (χ0n) is 12.6. The highest BCUT2D eigenvalue weighted by Crippen LogP contribution is 1.98. The second-order valence-corrected chi connectivity index (χ2v) is 4.16. The van der Waals surface area contributed by atoms with E-state index in [4.69, 9.17) is 0 Å². The minimum atomic E-state index is -0.285. The Labute approximate surface area is 130 Å². The van der Waals surface area contributed by atoms with Gasteiger partial charge in [0.25, 0.3) is 0 Å². The summed E-state index contributed by atoms with van der Waals surface area (Å²) in [6.07, 6.45) is 1.36. The first-order valence-corrected chi connectivity index (χ1v) is 6.74. The number of hydrogen-bond acceptors (Lipinski definition) is 5. The van der Waals surface area contributed by atoms with Gasteiger partial charge in [0.05, 0.1) is 27.1 Å². The summed E-state index contributed by atoms with van der Waals surface area (Å²) >= 11 is 0. The number of rotatable bonds is 4. The summed E-state index contributed by atoms with van der Waals surface area (Å²) in [7, 11) is 2.69. The summed E-state index contributed by atoms with van der Waals surface area (Å²) in [5.74, 6) is 10.9. The van der Waals surface area contributed by atoms with Gasteiger partial charge in [-0.2, -0.15) is 0 Å². The van der Waals surface area contributed by atoms with Crippen LogP contribution in [0, 0.1) is 23.7 Å². The van der Waals surface area contributed by atoms with E-state index in [9.17, 15) is 9.59 Å². The lowest BCUT2D eigenvalue weighted by Crippen LogP contribution is -1.98. The molecule has 5 heteroatoms. The molecule has 0 bridgehead atoms. The molecule has 0 aliphatic carbocycles. The van der Waals surface area contributed by atoms with Crippen LogP contribution < -0.4 is 0 Å². The highest BCUT2D eigenvalue weighted by molar-refractivity contribution is 5.69. The average molecular weight is 299 g/mol. The Morgan fingerprint density at radius 3 is 1.82 bits per heavy atom. The fourth-order valence-corrected chi connectivity index (χ4v) is 1.41. The maximum Gasteiger partial charge on any atom is 0.306 e. The van der Waals surface area contributed by atoms with Crippen LogP contribution in [0.25, 0.3) is 0 Å². The molecule has 0 saturated heterocycles. The molecule has 1 aromatic heterocycles. The predicted octanol–water partition coefficient (Wildman–Crippen LogP) is 1.69. The number of aromatic nitrogens is 1. The fraction of sp³-hybridized carbons (Fsp3) is 0.353. The molecule has 1 rings (SSSR count). The van der Waals surface area contributed by atoms with Gasteiger partial charge in [-0.1, -0.05) is 17.9 Å². The van der Waals surface area contributed by atoms with Crippen LogP contribution in [0.3, 0.4) is 0 Å². The molecule has 1 aromatic rings. The molecule has 0 atom stereocenters. The number of ether oxygens (including phenoxy) is 2. The quantitative estimate of drug-likeness (QED) is 0.625. The van der Waals surface area contributed by atoms with E-state index in [-0.39, 0.29) is 24.8 Å². The van der Waals surface area contributed by atoms with E-state index in [0.29, 0.717) is 24.2 Å². The van der Waals surface area contributed by atoms with Gasteiger partial charge < -0.3 is 9.47 Å². The van der Waals surface area contributed by atoms with Crippen molar-refractivity contribution in [3.63, 3.8) is 0 Å². The van der Waals surface area contributed by atoms with Gasteiger partial charge in [0.2, 0.25) is 0 Å². The van der Waals surface area contributed by atoms with Crippen LogP contribution in [0.4, 0.5) is 0 Å². The standard InChI is InChI=1S/C17H17NO4/c1-21-16(19)12-5-3-8-14-10-7-11-15(18-14)9-4-6-13-17(20)22-2/h7,10-11H,5-6,12-13H2,1-2H3. The van der Waals surface area contributed by atoms with Crippen molar-refractivity contribution >= 4 is 11.9 Å². The Balaban J connectivity index is 2.56. The maximum absolute atomic E-state index is 10.9. The number of carbonyl (C=O) groups excluding carboxylic acids is 2. The molecular weight excluding hydrogens is 282 g/mol. The van der Waals surface area contributed by atoms with Crippen LogP contribution >= 0.6 is 0 Å². The van der Waals surface area contributed by atoms with Gasteiger partial charge in [-0.3, -0.25) is 9.59 Å². The van der Waals surface area contributed by atoms with Crippen LogP contribution in [0.5, 0.6) is 0 Å². The number of pyridine rings is 1. The molecule has 5 nitrogen and oxygen atoms in total. The van der Waals surface area contributed by atoms with Crippen LogP contribution in [0.2, 0.25) is 0 Å². The largest absolute Gasteiger partial charge is 0.469 e. The highest BCUT2D eigenvalue weighted by atomic mass is 16.5. The fourth-order valence-electron chi connectivity index (χ4n) is 1.41. The molecule has 0 unspecified atom stereocenters. The third kappa shape index (κ3) is 7.12. The third-order valence-electron chi connectivity index (χ3n) is 2.55. The van der Waals surface area contributed by atoms with Crippen molar-refractivity contribution in [3.8, 4) is 23.7 Å². The lowest BCUT2D eigenvalue weighted by atomic mass is 10.2. The SMILES string of the molecule is COC(=O)CCC#Cc1cccc(C#CCCC(=O)OC)n1. The van der Waals surface area contributed by atoms with Crippen LogP contribution in [-0.4, -0.2) is 31.1 Å². The molecule has 114 valence electrons. The smallest absolute Gasteiger partial charge is 0.306 e. The lowest BCUT2D eigenvalue weighted by molar-refractivity contribution is -0.141. The molecule has 0 amide bonds. The minimum absolute atomic E-state index is 0.260. The second-order valence-electron chi connectivity index (χ2n) is 4.16. The van der Waals surface area contributed by atoms with E-state index in [0.717, 1.165) is 0 Å². The number of carbonyl (C=O) groups is 2. The monoisotopic (exact) mass is 299 g/mol. The van der Waals surface area contributed by atoms with E-state index in [1.165, 1.54) is 14.2 Å². The van der Waals surface area contributed by atoms with Gasteiger partial charge in [0, 0.05) is 12.8 Å². The molecule has 0 aliphatic heterocycles. The number of hydrogen-bond donors (Lipinski definition) is 0. The molecule has 0 radical (unpaired) electrons. The van der Waals surface area contributed by atoms with Crippen molar-refractivity contribution < 1.29 is 19.1 Å². The summed E-state index contributed by atoms with van der Waals surface area (Å²) in [4.78, 5) is 26.1. The first-order valence-electron chi connectivity index (χ1n) is 6.74. The topological polar surface area (TPSA) is 65.5 Å². The molecule has 0 fully saturated rings. The number of methoxy groups -OCH3 is 2. The molecule has 22 heavy (non-hydrogen) atoms. The highest BCUT2D eigenvalue weighted by Gasteiger charge is 1.97. The number of esters is 2. The zero-order valence-corrected chi connectivity index (χ0v) is 12.6. The minimum Gasteiger partial charge on any atom is -0.469 e. The van der Waals surface area contributed by atoms with Crippen molar-refractivity contribution in [3.05, 3.63) is 29.6 Å². The van der Waals surface area contributed by atoms with E-state index >= 15 is 0 Å². The van der Waals surface area contributed by atoms with Crippen molar-refractivity contribution in [2.45, 2.75) is 25.7 Å². The van der Waals surface area contributed by atoms with Gasteiger partial charge >= 0.3 is 11.9 Å². The van der Waals surface area contributed by atoms with Crippen molar-refractivity contribution in [1.82, 2.24) is 4.98 Å². The molecule has 0 aliphatic rings. The molecule has 0 saturated carbocycles. The Morgan fingerprint density at radius 1 is 0.955 bits per heavy atom. The van der Waals surface area contributed by atoms with Crippen molar-refractivity contribution in [2.24, 2.45) is 0 Å². The maximum atomic E-state index is 10.9. The number of nitrogens with zero attached hydrogens (tertiary/aromatic N) is 1. The van der Waals surface area contributed by atoms with Crippen LogP contribution in [0.15, 0.2) is 18.2 Å². The van der Waals surface area contributed by atoms with Gasteiger partial charge in [0.1, 0.15) is 11.4 Å². The van der Waals surface area contributed by atoms with Crippen molar-refractivity contribution in [1.29, 1.82) is 0 Å². The normalized spacial score (nSPS) is 8.82. The molecule has 0 spiro atoms. The second kappa shape index (κ2) is 10.0. The first-order chi connectivity index (χ1) is 10.7. The lowest BCUT2D eigenvalue weighted by Gasteiger charge is -1.94. The molecule has 1 heterocycles. The van der Waals surface area contributed by atoms with E-state index in [2.05, 4.69) is 38.1 Å². The van der Waals surface area contributed by atoms with E-state index in [1.54, 1.807) is 12.1 Å². The summed E-state index contributed by atoms with van der Waals surface area (Å²) < 4.78 is 9.06. The van der Waals surface area contributed by atoms with Crippen LogP contribution in [0.1, 0.15) is 37.1 Å². The first kappa shape index (κ1) is 17.3. The van der Waals surface area contributed by atoms with Crippen LogP contribution in [-0.2, 0) is 19.1 Å². The Bertz CT molecular complexity index is 591. The summed E-state index contributed by atoms with van der Waals surface area (Å²) in [6, 6.07) is 5.34. The Kier molecular flexibility index (Phi) is 7.86. The summed E-state index contributed by atoms with van der Waals surface area (Å²) in [6.45, 7) is 0. The van der Waals surface area contributed by atoms with Gasteiger partial charge in [-0.15, -0.1) is 0 Å². The molecule has 0 N–H and O–H groups in total. The summed E-state index contributed by atoms with van der Waals surface area (Å²) in [5.41, 5.74) is 1.18. The van der Waals surface area contributed by atoms with Crippen molar-refractivity contribution in [2.75, 3.05) is 14.2 Å². The van der Waals surface area contributed by atoms with E-state index in [1.807, 2.05) is 6.07 Å². The Hall–Kier alpha value is -2.79. The zero-order chi connectivity index (χ0) is 16.2. The third-order valence-corrected chi connectivity index (χ3v) is 2.55. The Morgan fingerprint density at radius 2 is 1.41 bits per heavy atom. The molecular formula is C17H17NO4. The average Bonchev–Trinajstić information content (AvgIpc) is 2.55. The van der Waals surface area contributed by atoms with Gasteiger partial charge in [-0.05, 0) is 24.0 Å².